The van der Waals surface area contributed by atoms with E-state index < -0.39 is 34.9 Å². The minimum Gasteiger partial charge on any atom is -0.478 e. The molecular weight excluding hydrogens is 302 g/mol. The van der Waals surface area contributed by atoms with Gasteiger partial charge in [-0.2, -0.15) is 0 Å². The van der Waals surface area contributed by atoms with E-state index in [4.69, 9.17) is 5.11 Å². The molecule has 0 bridgehead atoms. The molecule has 7 heteroatoms. The minimum atomic E-state index is -3.06. The molecule has 0 spiro atoms. The maximum absolute atomic E-state index is 12.6. The lowest BCUT2D eigenvalue weighted by atomic mass is 9.98. The average Bonchev–Trinajstić information content (AvgIpc) is 2.26. The molecule has 0 aliphatic carbocycles. The van der Waals surface area contributed by atoms with Gasteiger partial charge in [0.1, 0.15) is 0 Å². The number of halogens is 3. The van der Waals surface area contributed by atoms with Crippen LogP contribution in [0.25, 0.3) is 0 Å². The first-order valence-corrected chi connectivity index (χ1v) is 5.02. The third-order valence-electron chi connectivity index (χ3n) is 1.96. The Balaban J connectivity index is 3.63. The highest BCUT2D eigenvalue weighted by Crippen LogP contribution is 2.29. The Morgan fingerprint density at radius 3 is 2.35 bits per heavy atom. The lowest BCUT2D eigenvalue weighted by Gasteiger charge is -2.09. The van der Waals surface area contributed by atoms with Crippen molar-refractivity contribution < 1.29 is 28.3 Å². The molecule has 1 aromatic carbocycles. The van der Waals surface area contributed by atoms with Crippen molar-refractivity contribution in [2.75, 3.05) is 0 Å². The van der Waals surface area contributed by atoms with Crippen molar-refractivity contribution in [2.24, 2.45) is 0 Å². The van der Waals surface area contributed by atoms with Gasteiger partial charge < -0.3 is 5.11 Å². The van der Waals surface area contributed by atoms with Gasteiger partial charge >= 0.3 is 5.97 Å². The number of aldehydes is 1. The van der Waals surface area contributed by atoms with Crippen LogP contribution in [-0.4, -0.2) is 23.1 Å². The van der Waals surface area contributed by atoms with Crippen LogP contribution >= 0.6 is 15.9 Å². The summed E-state index contributed by atoms with van der Waals surface area (Å²) in [5.74, 6) is -2.84. The summed E-state index contributed by atoms with van der Waals surface area (Å²) in [5.41, 5.74) is -2.21. The second-order valence-corrected chi connectivity index (χ2v) is 3.92. The van der Waals surface area contributed by atoms with Gasteiger partial charge in [0.05, 0.1) is 5.56 Å². The van der Waals surface area contributed by atoms with Crippen LogP contribution in [0.1, 0.15) is 32.7 Å². The molecule has 0 aromatic heterocycles. The average molecular weight is 307 g/mol. The van der Waals surface area contributed by atoms with Crippen molar-refractivity contribution >= 4 is 34.0 Å². The molecule has 0 saturated carbocycles. The molecule has 1 N–H and O–H groups in total. The van der Waals surface area contributed by atoms with Crippen LogP contribution in [0, 0.1) is 0 Å². The first-order valence-electron chi connectivity index (χ1n) is 4.23. The Labute approximate surface area is 102 Å². The molecule has 0 fully saturated rings. The molecule has 4 nitrogen and oxygen atoms in total. The lowest BCUT2D eigenvalue weighted by molar-refractivity contribution is -0.104. The van der Waals surface area contributed by atoms with E-state index in [0.717, 1.165) is 12.1 Å². The molecule has 0 atom stereocenters. The van der Waals surface area contributed by atoms with Crippen molar-refractivity contribution in [3.8, 4) is 0 Å². The number of benzene rings is 1. The zero-order chi connectivity index (χ0) is 13.2. The third kappa shape index (κ3) is 2.73. The summed E-state index contributed by atoms with van der Waals surface area (Å²) in [7, 11) is 0. The Morgan fingerprint density at radius 2 is 1.94 bits per heavy atom. The SMILES string of the molecule is O=CC(=O)c1cc(Br)cc(C(F)F)c1C(=O)O. The first kappa shape index (κ1) is 13.4. The van der Waals surface area contributed by atoms with E-state index in [1.807, 2.05) is 0 Å². The van der Waals surface area contributed by atoms with Gasteiger partial charge in [0, 0.05) is 15.6 Å². The van der Waals surface area contributed by atoms with Gasteiger partial charge in [0.2, 0.25) is 5.78 Å². The second-order valence-electron chi connectivity index (χ2n) is 3.01. The lowest BCUT2D eigenvalue weighted by Crippen LogP contribution is -2.13. The number of carboxylic acid groups (broad SMARTS) is 1. The fraction of sp³-hybridized carbons (Fsp3) is 0.100. The molecule has 17 heavy (non-hydrogen) atoms. The fourth-order valence-electron chi connectivity index (χ4n) is 1.30. The molecule has 0 aliphatic heterocycles. The van der Waals surface area contributed by atoms with E-state index in [1.54, 1.807) is 0 Å². The monoisotopic (exact) mass is 306 g/mol. The smallest absolute Gasteiger partial charge is 0.336 e. The van der Waals surface area contributed by atoms with Crippen LogP contribution in [0.5, 0.6) is 0 Å². The maximum atomic E-state index is 12.6. The van der Waals surface area contributed by atoms with Gasteiger partial charge in [0.25, 0.3) is 6.43 Å². The van der Waals surface area contributed by atoms with E-state index in [1.165, 1.54) is 0 Å². The Bertz CT molecular complexity index is 499. The summed E-state index contributed by atoms with van der Waals surface area (Å²) in [6.45, 7) is 0. The van der Waals surface area contributed by atoms with Crippen LogP contribution in [0.4, 0.5) is 8.78 Å². The van der Waals surface area contributed by atoms with Crippen molar-refractivity contribution in [3.63, 3.8) is 0 Å². The summed E-state index contributed by atoms with van der Waals surface area (Å²) >= 11 is 2.87. The number of hydrogen-bond donors (Lipinski definition) is 1. The Kier molecular flexibility index (Phi) is 4.06. The Hall–Kier alpha value is -1.63. The van der Waals surface area contributed by atoms with Crippen LogP contribution in [0.15, 0.2) is 16.6 Å². The maximum Gasteiger partial charge on any atom is 0.336 e. The van der Waals surface area contributed by atoms with Gasteiger partial charge in [-0.15, -0.1) is 0 Å². The number of carboxylic acids is 1. The van der Waals surface area contributed by atoms with Crippen molar-refractivity contribution in [3.05, 3.63) is 33.3 Å². The molecule has 1 rings (SSSR count). The second kappa shape index (κ2) is 5.13. The number of carbonyl (C=O) groups is 3. The summed E-state index contributed by atoms with van der Waals surface area (Å²) in [5, 5.41) is 8.81. The molecule has 0 aliphatic rings. The van der Waals surface area contributed by atoms with Crippen molar-refractivity contribution in [2.45, 2.75) is 6.43 Å². The van der Waals surface area contributed by atoms with E-state index in [2.05, 4.69) is 15.9 Å². The van der Waals surface area contributed by atoms with Gasteiger partial charge in [-0.3, -0.25) is 9.59 Å². The standard InChI is InChI=1S/C10H5BrF2O4/c11-4-1-5(7(15)3-14)8(10(16)17)6(2-4)9(12)13/h1-3,9H,(H,16,17). The summed E-state index contributed by atoms with van der Waals surface area (Å²) in [4.78, 5) is 32.4. The topological polar surface area (TPSA) is 71.4 Å². The van der Waals surface area contributed by atoms with Crippen LogP contribution in [0.2, 0.25) is 0 Å². The molecule has 90 valence electrons. The number of hydrogen-bond acceptors (Lipinski definition) is 3. The number of rotatable bonds is 4. The molecule has 0 heterocycles. The minimum absolute atomic E-state index is 0.100. The van der Waals surface area contributed by atoms with Crippen LogP contribution in [0.3, 0.4) is 0 Å². The first-order chi connectivity index (χ1) is 7.88. The van der Waals surface area contributed by atoms with E-state index in [0.29, 0.717) is 0 Å². The molecule has 0 saturated heterocycles. The normalized spacial score (nSPS) is 10.4. The third-order valence-corrected chi connectivity index (χ3v) is 2.41. The predicted molar refractivity (Wildman–Crippen MR) is 56.5 cm³/mol. The number of Topliss-reactive ketones (excluding diaryl/α,β-unsaturated/α-hetero) is 1. The van der Waals surface area contributed by atoms with Crippen molar-refractivity contribution in [1.29, 1.82) is 0 Å². The van der Waals surface area contributed by atoms with Crippen LogP contribution < -0.4 is 0 Å². The number of ketones is 1. The van der Waals surface area contributed by atoms with Crippen molar-refractivity contribution in [1.82, 2.24) is 0 Å². The molecule has 0 radical (unpaired) electrons. The summed E-state index contributed by atoms with van der Waals surface area (Å²) in [6.07, 6.45) is -3.18. The van der Waals surface area contributed by atoms with Gasteiger partial charge in [-0.05, 0) is 12.1 Å². The molecule has 0 unspecified atom stereocenters. The van der Waals surface area contributed by atoms with Gasteiger partial charge in [-0.1, -0.05) is 15.9 Å². The van der Waals surface area contributed by atoms with E-state index >= 15 is 0 Å². The largest absolute Gasteiger partial charge is 0.478 e. The highest BCUT2D eigenvalue weighted by Gasteiger charge is 2.25. The zero-order valence-electron chi connectivity index (χ0n) is 8.12. The number of carbonyl (C=O) groups excluding carboxylic acids is 2. The molecule has 0 amide bonds. The van der Waals surface area contributed by atoms with Gasteiger partial charge in [0.15, 0.2) is 6.29 Å². The summed E-state index contributed by atoms with van der Waals surface area (Å²) < 4.78 is 25.4. The fourth-order valence-corrected chi connectivity index (χ4v) is 1.77. The zero-order valence-corrected chi connectivity index (χ0v) is 9.70. The van der Waals surface area contributed by atoms with E-state index in [-0.39, 0.29) is 10.8 Å². The highest BCUT2D eigenvalue weighted by atomic mass is 79.9. The number of alkyl halides is 2. The van der Waals surface area contributed by atoms with Gasteiger partial charge in [-0.25, -0.2) is 13.6 Å². The molecular formula is C10H5BrF2O4. The summed E-state index contributed by atoms with van der Waals surface area (Å²) in [6, 6.07) is 1.92. The highest BCUT2D eigenvalue weighted by molar-refractivity contribution is 9.10. The Morgan fingerprint density at radius 1 is 1.35 bits per heavy atom. The predicted octanol–water partition coefficient (Wildman–Crippen LogP) is 2.47. The quantitative estimate of drug-likeness (QED) is 0.527. The van der Waals surface area contributed by atoms with E-state index in [9.17, 15) is 23.2 Å². The number of aromatic carboxylic acids is 1. The van der Waals surface area contributed by atoms with Crippen LogP contribution in [-0.2, 0) is 4.79 Å². The molecule has 1 aromatic rings.